The minimum Gasteiger partial charge on any atom is -0.492 e. The molecule has 27 heavy (non-hydrogen) atoms. The fourth-order valence-electron chi connectivity index (χ4n) is 2.71. The summed E-state index contributed by atoms with van der Waals surface area (Å²) in [5.41, 5.74) is 1.42. The monoisotopic (exact) mass is 384 g/mol. The van der Waals surface area contributed by atoms with Gasteiger partial charge in [0.25, 0.3) is 5.91 Å². The first-order valence-corrected chi connectivity index (χ1v) is 9.10. The summed E-state index contributed by atoms with van der Waals surface area (Å²) in [6, 6.07) is 12.7. The van der Waals surface area contributed by atoms with Crippen molar-refractivity contribution in [1.82, 2.24) is 19.7 Å². The highest BCUT2D eigenvalue weighted by Gasteiger charge is 2.20. The molecule has 1 amide bonds. The van der Waals surface area contributed by atoms with Crippen LogP contribution in [0.4, 0.5) is 0 Å². The van der Waals surface area contributed by atoms with Crippen molar-refractivity contribution in [2.24, 2.45) is 0 Å². The number of ether oxygens (including phenoxy) is 1. The van der Waals surface area contributed by atoms with Gasteiger partial charge in [-0.25, -0.2) is 9.67 Å². The standard InChI is InChI=1S/C20H21ClN4O2/c1-3-18-17(14-23-25(18)19-6-4-5-11-22-19)20(26)24(2)12-13-27-16-9-7-15(21)8-10-16/h4-11,14H,3,12-13H2,1-2H3. The second-order valence-electron chi connectivity index (χ2n) is 5.99. The molecule has 0 atom stereocenters. The van der Waals surface area contributed by atoms with Crippen LogP contribution in [-0.2, 0) is 6.42 Å². The van der Waals surface area contributed by atoms with Gasteiger partial charge in [-0.2, -0.15) is 5.10 Å². The van der Waals surface area contributed by atoms with Gasteiger partial charge in [0.05, 0.1) is 24.0 Å². The fourth-order valence-corrected chi connectivity index (χ4v) is 2.83. The van der Waals surface area contributed by atoms with Crippen molar-refractivity contribution in [3.05, 3.63) is 71.1 Å². The van der Waals surface area contributed by atoms with Crippen molar-refractivity contribution in [2.75, 3.05) is 20.2 Å². The topological polar surface area (TPSA) is 60.3 Å². The van der Waals surface area contributed by atoms with Crippen molar-refractivity contribution < 1.29 is 9.53 Å². The first kappa shape index (κ1) is 18.9. The Morgan fingerprint density at radius 3 is 2.67 bits per heavy atom. The molecule has 0 fully saturated rings. The van der Waals surface area contributed by atoms with Crippen LogP contribution in [0.1, 0.15) is 23.0 Å². The van der Waals surface area contributed by atoms with Gasteiger partial charge in [0.15, 0.2) is 5.82 Å². The lowest BCUT2D eigenvalue weighted by atomic mass is 10.2. The number of nitrogens with zero attached hydrogens (tertiary/aromatic N) is 4. The number of amides is 1. The van der Waals surface area contributed by atoms with Crippen molar-refractivity contribution in [2.45, 2.75) is 13.3 Å². The van der Waals surface area contributed by atoms with Crippen molar-refractivity contribution in [1.29, 1.82) is 0 Å². The van der Waals surface area contributed by atoms with E-state index in [9.17, 15) is 4.79 Å². The number of likely N-dealkylation sites (N-methyl/N-ethyl adjacent to an activating group) is 1. The molecule has 0 spiro atoms. The summed E-state index contributed by atoms with van der Waals surface area (Å²) in [7, 11) is 1.76. The van der Waals surface area contributed by atoms with Gasteiger partial charge in [-0.15, -0.1) is 0 Å². The van der Waals surface area contributed by atoms with Crippen LogP contribution in [0.15, 0.2) is 54.9 Å². The zero-order chi connectivity index (χ0) is 19.2. The van der Waals surface area contributed by atoms with Crippen LogP contribution in [0, 0.1) is 0 Å². The Labute approximate surface area is 163 Å². The summed E-state index contributed by atoms with van der Waals surface area (Å²) >= 11 is 5.86. The molecule has 0 unspecified atom stereocenters. The van der Waals surface area contributed by atoms with Crippen LogP contribution in [0.2, 0.25) is 5.02 Å². The van der Waals surface area contributed by atoms with Crippen LogP contribution in [-0.4, -0.2) is 45.8 Å². The predicted octanol–water partition coefficient (Wildman–Crippen LogP) is 3.63. The van der Waals surface area contributed by atoms with Gasteiger partial charge >= 0.3 is 0 Å². The number of halogens is 1. The van der Waals surface area contributed by atoms with E-state index in [1.54, 1.807) is 53.3 Å². The predicted molar refractivity (Wildman–Crippen MR) is 105 cm³/mol. The van der Waals surface area contributed by atoms with Crippen LogP contribution < -0.4 is 4.74 Å². The molecule has 140 valence electrons. The van der Waals surface area contributed by atoms with Gasteiger partial charge in [0, 0.05) is 18.3 Å². The smallest absolute Gasteiger partial charge is 0.257 e. The van der Waals surface area contributed by atoms with E-state index in [0.717, 1.165) is 11.4 Å². The lowest BCUT2D eigenvalue weighted by molar-refractivity contribution is 0.0772. The Balaban J connectivity index is 1.66. The van der Waals surface area contributed by atoms with E-state index in [1.165, 1.54) is 0 Å². The molecule has 0 aliphatic rings. The van der Waals surface area contributed by atoms with Crippen LogP contribution in [0.5, 0.6) is 5.75 Å². The third kappa shape index (κ3) is 4.46. The summed E-state index contributed by atoms with van der Waals surface area (Å²) in [4.78, 5) is 18.8. The third-order valence-corrected chi connectivity index (χ3v) is 4.41. The van der Waals surface area contributed by atoms with Crippen LogP contribution in [0.25, 0.3) is 5.82 Å². The molecule has 0 radical (unpaired) electrons. The molecule has 2 aromatic heterocycles. The lowest BCUT2D eigenvalue weighted by Crippen LogP contribution is -2.31. The Morgan fingerprint density at radius 2 is 2.00 bits per heavy atom. The zero-order valence-electron chi connectivity index (χ0n) is 15.3. The molecule has 0 N–H and O–H groups in total. The lowest BCUT2D eigenvalue weighted by Gasteiger charge is -2.18. The van der Waals surface area contributed by atoms with Gasteiger partial charge in [-0.05, 0) is 42.8 Å². The van der Waals surface area contributed by atoms with Gasteiger partial charge in [-0.3, -0.25) is 4.79 Å². The summed E-state index contributed by atoms with van der Waals surface area (Å²) in [5, 5.41) is 5.02. The maximum atomic E-state index is 12.8. The summed E-state index contributed by atoms with van der Waals surface area (Å²) in [5.74, 6) is 1.33. The molecule has 3 rings (SSSR count). The molecule has 1 aromatic carbocycles. The minimum atomic E-state index is -0.0891. The Bertz CT molecular complexity index is 894. The normalized spacial score (nSPS) is 10.6. The number of rotatable bonds is 7. The average molecular weight is 385 g/mol. The Morgan fingerprint density at radius 1 is 1.22 bits per heavy atom. The summed E-state index contributed by atoms with van der Waals surface area (Å²) in [6.45, 7) is 2.84. The highest BCUT2D eigenvalue weighted by Crippen LogP contribution is 2.17. The van der Waals surface area contributed by atoms with E-state index < -0.39 is 0 Å². The number of carbonyl (C=O) groups is 1. The number of pyridine rings is 1. The molecule has 0 bridgehead atoms. The first-order chi connectivity index (χ1) is 13.1. The van der Waals surface area contributed by atoms with E-state index >= 15 is 0 Å². The molecular formula is C20H21ClN4O2. The highest BCUT2D eigenvalue weighted by molar-refractivity contribution is 6.30. The molecule has 0 aliphatic carbocycles. The molecule has 2 heterocycles. The van der Waals surface area contributed by atoms with E-state index in [4.69, 9.17) is 16.3 Å². The Hall–Kier alpha value is -2.86. The molecule has 0 saturated heterocycles. The largest absolute Gasteiger partial charge is 0.492 e. The second kappa shape index (κ2) is 8.68. The van der Waals surface area contributed by atoms with E-state index in [-0.39, 0.29) is 5.91 Å². The average Bonchev–Trinajstić information content (AvgIpc) is 3.13. The second-order valence-corrected chi connectivity index (χ2v) is 6.42. The molecular weight excluding hydrogens is 364 g/mol. The number of benzene rings is 1. The van der Waals surface area contributed by atoms with Gasteiger partial charge in [0.2, 0.25) is 0 Å². The molecule has 0 saturated carbocycles. The van der Waals surface area contributed by atoms with Gasteiger partial charge < -0.3 is 9.64 Å². The number of hydrogen-bond acceptors (Lipinski definition) is 4. The fraction of sp³-hybridized carbons (Fsp3) is 0.250. The van der Waals surface area contributed by atoms with E-state index in [2.05, 4.69) is 10.1 Å². The molecule has 7 heteroatoms. The van der Waals surface area contributed by atoms with Crippen LogP contribution in [0.3, 0.4) is 0 Å². The van der Waals surface area contributed by atoms with Gasteiger partial charge in [0.1, 0.15) is 12.4 Å². The SMILES string of the molecule is CCc1c(C(=O)N(C)CCOc2ccc(Cl)cc2)cnn1-c1ccccn1. The third-order valence-electron chi connectivity index (χ3n) is 4.16. The van der Waals surface area contributed by atoms with E-state index in [1.807, 2.05) is 25.1 Å². The van der Waals surface area contributed by atoms with Crippen LogP contribution >= 0.6 is 11.6 Å². The van der Waals surface area contributed by atoms with E-state index in [0.29, 0.717) is 36.0 Å². The minimum absolute atomic E-state index is 0.0891. The molecule has 6 nitrogen and oxygen atoms in total. The first-order valence-electron chi connectivity index (χ1n) is 8.72. The Kier molecular flexibility index (Phi) is 6.08. The van der Waals surface area contributed by atoms with Crippen molar-refractivity contribution >= 4 is 17.5 Å². The van der Waals surface area contributed by atoms with Crippen molar-refractivity contribution in [3.63, 3.8) is 0 Å². The van der Waals surface area contributed by atoms with Gasteiger partial charge in [-0.1, -0.05) is 24.6 Å². The quantitative estimate of drug-likeness (QED) is 0.624. The molecule has 3 aromatic rings. The molecule has 0 aliphatic heterocycles. The van der Waals surface area contributed by atoms with Crippen molar-refractivity contribution in [3.8, 4) is 11.6 Å². The maximum Gasteiger partial charge on any atom is 0.257 e. The number of aromatic nitrogens is 3. The highest BCUT2D eigenvalue weighted by atomic mass is 35.5. The summed E-state index contributed by atoms with van der Waals surface area (Å²) < 4.78 is 7.38. The number of hydrogen-bond donors (Lipinski definition) is 0. The number of carbonyl (C=O) groups excluding carboxylic acids is 1. The maximum absolute atomic E-state index is 12.8. The zero-order valence-corrected chi connectivity index (χ0v) is 16.1. The summed E-state index contributed by atoms with van der Waals surface area (Å²) in [6.07, 6.45) is 3.98.